The highest BCUT2D eigenvalue weighted by molar-refractivity contribution is 5.76. The van der Waals surface area contributed by atoms with E-state index in [0.29, 0.717) is 0 Å². The maximum Gasteiger partial charge on any atom is 0.315 e. The summed E-state index contributed by atoms with van der Waals surface area (Å²) in [6, 6.07) is -0.656. The van der Waals surface area contributed by atoms with Gasteiger partial charge in [0.05, 0.1) is 18.6 Å². The van der Waals surface area contributed by atoms with Crippen molar-refractivity contribution in [3.63, 3.8) is 0 Å². The minimum Gasteiger partial charge on any atom is -0.481 e. The predicted octanol–water partition coefficient (Wildman–Crippen LogP) is 1.35. The molecule has 3 unspecified atom stereocenters. The SMILES string of the molecule is COC1CCCC1NC(=O)NC(CC(=O)O)C(C)C. The van der Waals surface area contributed by atoms with Gasteiger partial charge in [0.15, 0.2) is 0 Å². The van der Waals surface area contributed by atoms with E-state index in [1.165, 1.54) is 0 Å². The second-order valence-electron chi connectivity index (χ2n) is 5.38. The molecule has 3 atom stereocenters. The Labute approximate surface area is 113 Å². The number of urea groups is 1. The number of rotatable bonds is 6. The third kappa shape index (κ3) is 5.06. The van der Waals surface area contributed by atoms with Crippen molar-refractivity contribution in [2.24, 2.45) is 5.92 Å². The molecule has 1 aliphatic rings. The molecule has 0 heterocycles. The van der Waals surface area contributed by atoms with E-state index >= 15 is 0 Å². The molecule has 2 amide bonds. The van der Waals surface area contributed by atoms with Crippen molar-refractivity contribution in [3.8, 4) is 0 Å². The molecular formula is C13H24N2O4. The van der Waals surface area contributed by atoms with Crippen LogP contribution in [0.2, 0.25) is 0 Å². The van der Waals surface area contributed by atoms with Gasteiger partial charge in [-0.15, -0.1) is 0 Å². The first-order valence-corrected chi connectivity index (χ1v) is 6.75. The summed E-state index contributed by atoms with van der Waals surface area (Å²) in [5.41, 5.74) is 0. The van der Waals surface area contributed by atoms with Crippen LogP contribution in [0.4, 0.5) is 4.79 Å². The average molecular weight is 272 g/mol. The first-order chi connectivity index (χ1) is 8.93. The summed E-state index contributed by atoms with van der Waals surface area (Å²) in [7, 11) is 1.64. The Morgan fingerprint density at radius 1 is 1.37 bits per heavy atom. The standard InChI is InChI=1S/C13H24N2O4/c1-8(2)10(7-12(16)17)15-13(18)14-9-5-4-6-11(9)19-3/h8-11H,4-7H2,1-3H3,(H,16,17)(H2,14,15,18). The number of nitrogens with one attached hydrogen (secondary N) is 2. The molecule has 0 aromatic carbocycles. The maximum absolute atomic E-state index is 11.9. The van der Waals surface area contributed by atoms with Gasteiger partial charge in [0, 0.05) is 13.2 Å². The smallest absolute Gasteiger partial charge is 0.315 e. The lowest BCUT2D eigenvalue weighted by Gasteiger charge is -2.24. The fraction of sp³-hybridized carbons (Fsp3) is 0.846. The zero-order valence-corrected chi connectivity index (χ0v) is 11.8. The van der Waals surface area contributed by atoms with Gasteiger partial charge in [-0.05, 0) is 25.2 Å². The van der Waals surface area contributed by atoms with Crippen LogP contribution >= 0.6 is 0 Å². The number of ether oxygens (including phenoxy) is 1. The van der Waals surface area contributed by atoms with Crippen molar-refractivity contribution in [1.29, 1.82) is 0 Å². The molecule has 0 spiro atoms. The molecule has 1 rings (SSSR count). The highest BCUT2D eigenvalue weighted by Gasteiger charge is 2.29. The summed E-state index contributed by atoms with van der Waals surface area (Å²) in [5.74, 6) is -0.835. The molecule has 0 saturated heterocycles. The van der Waals surface area contributed by atoms with Crippen molar-refractivity contribution >= 4 is 12.0 Å². The highest BCUT2D eigenvalue weighted by Crippen LogP contribution is 2.21. The Kier molecular flexibility index (Phi) is 6.08. The van der Waals surface area contributed by atoms with Gasteiger partial charge in [-0.1, -0.05) is 13.8 Å². The van der Waals surface area contributed by atoms with Crippen molar-refractivity contribution in [3.05, 3.63) is 0 Å². The van der Waals surface area contributed by atoms with Crippen LogP contribution in [0.3, 0.4) is 0 Å². The van der Waals surface area contributed by atoms with E-state index in [2.05, 4.69) is 10.6 Å². The first-order valence-electron chi connectivity index (χ1n) is 6.75. The van der Waals surface area contributed by atoms with Crippen molar-refractivity contribution < 1.29 is 19.4 Å². The monoisotopic (exact) mass is 272 g/mol. The van der Waals surface area contributed by atoms with Crippen LogP contribution in [-0.2, 0) is 9.53 Å². The van der Waals surface area contributed by atoms with E-state index in [1.54, 1.807) is 7.11 Å². The molecule has 0 aliphatic heterocycles. The molecule has 0 radical (unpaired) electrons. The van der Waals surface area contributed by atoms with E-state index in [4.69, 9.17) is 9.84 Å². The van der Waals surface area contributed by atoms with Crippen LogP contribution in [0.25, 0.3) is 0 Å². The molecule has 1 saturated carbocycles. The molecule has 1 fully saturated rings. The molecule has 6 nitrogen and oxygen atoms in total. The number of carboxylic acid groups (broad SMARTS) is 1. The number of carbonyl (C=O) groups excluding carboxylic acids is 1. The van der Waals surface area contributed by atoms with Gasteiger partial charge in [-0.2, -0.15) is 0 Å². The Balaban J connectivity index is 2.46. The third-order valence-electron chi connectivity index (χ3n) is 3.59. The molecule has 0 aromatic rings. The van der Waals surface area contributed by atoms with E-state index in [-0.39, 0.29) is 36.6 Å². The van der Waals surface area contributed by atoms with Crippen molar-refractivity contribution in [2.45, 2.75) is 57.7 Å². The van der Waals surface area contributed by atoms with E-state index in [0.717, 1.165) is 19.3 Å². The number of hydrogen-bond acceptors (Lipinski definition) is 3. The molecule has 6 heteroatoms. The Hall–Kier alpha value is -1.30. The van der Waals surface area contributed by atoms with Gasteiger partial charge in [-0.25, -0.2) is 4.79 Å². The number of methoxy groups -OCH3 is 1. The molecular weight excluding hydrogens is 248 g/mol. The van der Waals surface area contributed by atoms with Crippen LogP contribution in [0, 0.1) is 5.92 Å². The minimum atomic E-state index is -0.908. The van der Waals surface area contributed by atoms with E-state index in [9.17, 15) is 9.59 Å². The van der Waals surface area contributed by atoms with E-state index < -0.39 is 5.97 Å². The van der Waals surface area contributed by atoms with Crippen LogP contribution in [-0.4, -0.2) is 42.4 Å². The molecule has 110 valence electrons. The number of hydrogen-bond donors (Lipinski definition) is 3. The lowest BCUT2D eigenvalue weighted by atomic mass is 10.0. The highest BCUT2D eigenvalue weighted by atomic mass is 16.5. The maximum atomic E-state index is 11.9. The van der Waals surface area contributed by atoms with E-state index in [1.807, 2.05) is 13.8 Å². The second-order valence-corrected chi connectivity index (χ2v) is 5.38. The van der Waals surface area contributed by atoms with Gasteiger partial charge < -0.3 is 20.5 Å². The van der Waals surface area contributed by atoms with Gasteiger partial charge in [0.2, 0.25) is 0 Å². The van der Waals surface area contributed by atoms with Crippen molar-refractivity contribution in [2.75, 3.05) is 7.11 Å². The van der Waals surface area contributed by atoms with Gasteiger partial charge in [-0.3, -0.25) is 4.79 Å². The van der Waals surface area contributed by atoms with Crippen LogP contribution in [0.1, 0.15) is 39.5 Å². The first kappa shape index (κ1) is 15.8. The van der Waals surface area contributed by atoms with Gasteiger partial charge in [0.25, 0.3) is 0 Å². The topological polar surface area (TPSA) is 87.7 Å². The summed E-state index contributed by atoms with van der Waals surface area (Å²) in [5, 5.41) is 14.4. The number of amides is 2. The minimum absolute atomic E-state index is 0.0163. The quantitative estimate of drug-likeness (QED) is 0.681. The van der Waals surface area contributed by atoms with Gasteiger partial charge >= 0.3 is 12.0 Å². The number of aliphatic carboxylic acids is 1. The summed E-state index contributed by atoms with van der Waals surface area (Å²) in [6.45, 7) is 3.78. The van der Waals surface area contributed by atoms with Crippen LogP contribution < -0.4 is 10.6 Å². The molecule has 19 heavy (non-hydrogen) atoms. The summed E-state index contributed by atoms with van der Waals surface area (Å²) in [6.07, 6.45) is 2.87. The molecule has 0 aromatic heterocycles. The zero-order chi connectivity index (χ0) is 14.4. The molecule has 1 aliphatic carbocycles. The summed E-state index contributed by atoms with van der Waals surface area (Å²) >= 11 is 0. The lowest BCUT2D eigenvalue weighted by Crippen LogP contribution is -2.50. The summed E-state index contributed by atoms with van der Waals surface area (Å²) < 4.78 is 5.31. The van der Waals surface area contributed by atoms with Gasteiger partial charge in [0.1, 0.15) is 0 Å². The number of carbonyl (C=O) groups is 2. The fourth-order valence-corrected chi connectivity index (χ4v) is 2.39. The Morgan fingerprint density at radius 2 is 2.05 bits per heavy atom. The zero-order valence-electron chi connectivity index (χ0n) is 11.8. The van der Waals surface area contributed by atoms with Crippen molar-refractivity contribution in [1.82, 2.24) is 10.6 Å². The Bertz CT molecular complexity index is 320. The second kappa shape index (κ2) is 7.33. The lowest BCUT2D eigenvalue weighted by molar-refractivity contribution is -0.137. The fourth-order valence-electron chi connectivity index (χ4n) is 2.39. The summed E-state index contributed by atoms with van der Waals surface area (Å²) in [4.78, 5) is 22.6. The predicted molar refractivity (Wildman–Crippen MR) is 71.0 cm³/mol. The third-order valence-corrected chi connectivity index (χ3v) is 3.59. The van der Waals surface area contributed by atoms with Crippen LogP contribution in [0.5, 0.6) is 0 Å². The Morgan fingerprint density at radius 3 is 2.58 bits per heavy atom. The molecule has 0 bridgehead atoms. The average Bonchev–Trinajstić information content (AvgIpc) is 2.74. The largest absolute Gasteiger partial charge is 0.481 e. The normalized spacial score (nSPS) is 24.2. The molecule has 3 N–H and O–H groups in total. The number of carboxylic acids is 1. The van der Waals surface area contributed by atoms with Crippen LogP contribution in [0.15, 0.2) is 0 Å².